The Labute approximate surface area is 173 Å². The van der Waals surface area contributed by atoms with Crippen molar-refractivity contribution in [3.63, 3.8) is 0 Å². The summed E-state index contributed by atoms with van der Waals surface area (Å²) in [5, 5.41) is 23.6. The number of amides is 2. The molecule has 0 aliphatic rings. The van der Waals surface area contributed by atoms with E-state index in [1.54, 1.807) is 31.2 Å². The molecule has 0 aliphatic carbocycles. The van der Waals surface area contributed by atoms with Crippen LogP contribution in [0.25, 0.3) is 0 Å². The number of ether oxygens (including phenoxy) is 2. The second-order valence-electron chi connectivity index (χ2n) is 6.15. The summed E-state index contributed by atoms with van der Waals surface area (Å²) in [5.41, 5.74) is 0.796. The van der Waals surface area contributed by atoms with Gasteiger partial charge in [0.25, 0.3) is 0 Å². The van der Waals surface area contributed by atoms with E-state index < -0.39 is 42.5 Å². The van der Waals surface area contributed by atoms with Gasteiger partial charge in [-0.15, -0.1) is 0 Å². The Bertz CT molecular complexity index is 736. The Morgan fingerprint density at radius 3 is 2.47 bits per heavy atom. The molecule has 0 aliphatic heterocycles. The zero-order chi connectivity index (χ0) is 22.4. The van der Waals surface area contributed by atoms with Gasteiger partial charge in [0, 0.05) is 12.6 Å². The first-order valence-electron chi connectivity index (χ1n) is 9.29. The van der Waals surface area contributed by atoms with Gasteiger partial charge in [0.15, 0.2) is 0 Å². The van der Waals surface area contributed by atoms with Crippen LogP contribution < -0.4 is 10.6 Å². The van der Waals surface area contributed by atoms with Crippen LogP contribution >= 0.6 is 0 Å². The zero-order valence-electron chi connectivity index (χ0n) is 16.6. The third-order valence-corrected chi connectivity index (χ3v) is 3.66. The van der Waals surface area contributed by atoms with Crippen molar-refractivity contribution < 1.29 is 38.9 Å². The van der Waals surface area contributed by atoms with Crippen LogP contribution in [0, 0.1) is 0 Å². The number of carbonyl (C=O) groups is 4. The number of aliphatic hydroxyl groups is 1. The number of aliphatic hydroxyl groups excluding tert-OH is 1. The van der Waals surface area contributed by atoms with Gasteiger partial charge in [-0.05, 0) is 18.9 Å². The number of aliphatic carboxylic acids is 1. The number of esters is 1. The van der Waals surface area contributed by atoms with Crippen LogP contribution in [0.2, 0.25) is 0 Å². The Kier molecular flexibility index (Phi) is 11.3. The summed E-state index contributed by atoms with van der Waals surface area (Å²) in [6.07, 6.45) is -0.210. The SMILES string of the molecule is CCOC(=O)/C=C/C[C@H](NC(=O)C[C@H](O)CNC(=O)OCc1ccccc1)C(=O)O. The molecule has 0 radical (unpaired) electrons. The third kappa shape index (κ3) is 10.8. The first kappa shape index (κ1) is 24.6. The van der Waals surface area contributed by atoms with Crippen molar-refractivity contribution >= 4 is 23.9 Å². The number of rotatable bonds is 12. The molecule has 1 rings (SSSR count). The lowest BCUT2D eigenvalue weighted by Gasteiger charge is -2.15. The van der Waals surface area contributed by atoms with Gasteiger partial charge < -0.3 is 30.3 Å². The molecule has 30 heavy (non-hydrogen) atoms. The van der Waals surface area contributed by atoms with Crippen LogP contribution in [-0.2, 0) is 30.5 Å². The average molecular weight is 422 g/mol. The van der Waals surface area contributed by atoms with E-state index in [0.717, 1.165) is 11.6 Å². The molecule has 0 heterocycles. The van der Waals surface area contributed by atoms with Crippen LogP contribution in [0.5, 0.6) is 0 Å². The van der Waals surface area contributed by atoms with E-state index >= 15 is 0 Å². The minimum absolute atomic E-state index is 0.0584. The molecule has 10 nitrogen and oxygen atoms in total. The predicted octanol–water partition coefficient (Wildman–Crippen LogP) is 0.743. The second-order valence-corrected chi connectivity index (χ2v) is 6.15. The molecule has 4 N–H and O–H groups in total. The van der Waals surface area contributed by atoms with E-state index in [2.05, 4.69) is 15.4 Å². The van der Waals surface area contributed by atoms with E-state index in [0.29, 0.717) is 0 Å². The summed E-state index contributed by atoms with van der Waals surface area (Å²) >= 11 is 0. The average Bonchev–Trinajstić information content (AvgIpc) is 2.70. The molecule has 0 spiro atoms. The number of hydrogen-bond acceptors (Lipinski definition) is 7. The van der Waals surface area contributed by atoms with Gasteiger partial charge in [-0.25, -0.2) is 14.4 Å². The highest BCUT2D eigenvalue weighted by Gasteiger charge is 2.20. The number of hydrogen-bond donors (Lipinski definition) is 4. The second kappa shape index (κ2) is 13.7. The fraction of sp³-hybridized carbons (Fsp3) is 0.400. The van der Waals surface area contributed by atoms with Crippen LogP contribution in [-0.4, -0.2) is 59.4 Å². The molecule has 0 saturated carbocycles. The number of alkyl carbamates (subject to hydrolysis) is 1. The molecule has 1 aromatic rings. The number of carboxylic acids is 1. The van der Waals surface area contributed by atoms with Crippen molar-refractivity contribution in [2.24, 2.45) is 0 Å². The molecule has 2 atom stereocenters. The first-order chi connectivity index (χ1) is 14.3. The minimum Gasteiger partial charge on any atom is -0.480 e. The van der Waals surface area contributed by atoms with Gasteiger partial charge in [0.1, 0.15) is 12.6 Å². The van der Waals surface area contributed by atoms with Gasteiger partial charge in [0.2, 0.25) is 5.91 Å². The van der Waals surface area contributed by atoms with Gasteiger partial charge >= 0.3 is 18.0 Å². The molecule has 1 aromatic carbocycles. The monoisotopic (exact) mass is 422 g/mol. The van der Waals surface area contributed by atoms with Crippen molar-refractivity contribution in [1.82, 2.24) is 10.6 Å². The van der Waals surface area contributed by atoms with E-state index in [9.17, 15) is 24.3 Å². The van der Waals surface area contributed by atoms with E-state index in [1.165, 1.54) is 6.08 Å². The maximum atomic E-state index is 11.9. The van der Waals surface area contributed by atoms with Gasteiger partial charge in [0.05, 0.1) is 19.1 Å². The van der Waals surface area contributed by atoms with Gasteiger partial charge in [-0.3, -0.25) is 4.79 Å². The van der Waals surface area contributed by atoms with Crippen LogP contribution in [0.4, 0.5) is 4.79 Å². The third-order valence-electron chi connectivity index (χ3n) is 3.66. The highest BCUT2D eigenvalue weighted by molar-refractivity contribution is 5.84. The number of benzene rings is 1. The van der Waals surface area contributed by atoms with E-state index in [1.807, 2.05) is 6.07 Å². The molecule has 0 saturated heterocycles. The Balaban J connectivity index is 2.34. The maximum absolute atomic E-state index is 11.9. The highest BCUT2D eigenvalue weighted by Crippen LogP contribution is 2.01. The summed E-state index contributed by atoms with van der Waals surface area (Å²) in [6, 6.07) is 7.72. The molecular formula is C20H26N2O8. The normalized spacial score (nSPS) is 12.6. The van der Waals surface area contributed by atoms with Crippen LogP contribution in [0.1, 0.15) is 25.3 Å². The lowest BCUT2D eigenvalue weighted by Crippen LogP contribution is -2.43. The minimum atomic E-state index is -1.30. The molecule has 2 amide bonds. The molecular weight excluding hydrogens is 396 g/mol. The molecule has 0 aromatic heterocycles. The van der Waals surface area contributed by atoms with Crippen molar-refractivity contribution in [3.05, 3.63) is 48.0 Å². The van der Waals surface area contributed by atoms with Gasteiger partial charge in [-0.2, -0.15) is 0 Å². The summed E-state index contributed by atoms with van der Waals surface area (Å²) in [4.78, 5) is 46.0. The molecule has 10 heteroatoms. The van der Waals surface area contributed by atoms with Gasteiger partial charge in [-0.1, -0.05) is 36.4 Å². The van der Waals surface area contributed by atoms with E-state index in [-0.39, 0.29) is 26.2 Å². The summed E-state index contributed by atoms with van der Waals surface area (Å²) in [5.74, 6) is -2.64. The number of nitrogens with one attached hydrogen (secondary N) is 2. The first-order valence-corrected chi connectivity index (χ1v) is 9.29. The molecule has 0 fully saturated rings. The summed E-state index contributed by atoms with van der Waals surface area (Å²) in [7, 11) is 0. The van der Waals surface area contributed by atoms with Crippen LogP contribution in [0.3, 0.4) is 0 Å². The Hall–Kier alpha value is -3.40. The van der Waals surface area contributed by atoms with Crippen molar-refractivity contribution in [2.75, 3.05) is 13.2 Å². The topological polar surface area (TPSA) is 151 Å². The predicted molar refractivity (Wildman–Crippen MR) is 105 cm³/mol. The Morgan fingerprint density at radius 1 is 1.13 bits per heavy atom. The lowest BCUT2D eigenvalue weighted by atomic mass is 10.1. The highest BCUT2D eigenvalue weighted by atomic mass is 16.5. The van der Waals surface area contributed by atoms with Crippen molar-refractivity contribution in [3.8, 4) is 0 Å². The smallest absolute Gasteiger partial charge is 0.407 e. The maximum Gasteiger partial charge on any atom is 0.407 e. The number of carbonyl (C=O) groups excluding carboxylic acids is 3. The standard InChI is InChI=1S/C20H26N2O8/c1-2-29-18(25)10-6-9-16(19(26)27)22-17(24)11-15(23)12-21-20(28)30-13-14-7-4-3-5-8-14/h3-8,10,15-16,23H,2,9,11-13H2,1H3,(H,21,28)(H,22,24)(H,26,27)/b10-6+/t15-,16-/m0/s1. The quantitative estimate of drug-likeness (QED) is 0.284. The van der Waals surface area contributed by atoms with Crippen molar-refractivity contribution in [2.45, 2.75) is 38.5 Å². The summed E-state index contributed by atoms with van der Waals surface area (Å²) in [6.45, 7) is 1.63. The zero-order valence-corrected chi connectivity index (χ0v) is 16.6. The fourth-order valence-electron chi connectivity index (χ4n) is 2.23. The molecule has 0 unspecified atom stereocenters. The fourth-order valence-corrected chi connectivity index (χ4v) is 2.23. The molecule has 0 bridgehead atoms. The molecule has 164 valence electrons. The Morgan fingerprint density at radius 2 is 1.83 bits per heavy atom. The van der Waals surface area contributed by atoms with Crippen LogP contribution in [0.15, 0.2) is 42.5 Å². The lowest BCUT2D eigenvalue weighted by molar-refractivity contribution is -0.142. The summed E-state index contributed by atoms with van der Waals surface area (Å²) < 4.78 is 9.64. The van der Waals surface area contributed by atoms with E-state index in [4.69, 9.17) is 9.84 Å². The van der Waals surface area contributed by atoms with Crippen molar-refractivity contribution in [1.29, 1.82) is 0 Å². The number of carboxylic acid groups (broad SMARTS) is 1. The largest absolute Gasteiger partial charge is 0.480 e.